The third-order valence-corrected chi connectivity index (χ3v) is 4.32. The van der Waals surface area contributed by atoms with Crippen LogP contribution in [0.1, 0.15) is 37.0 Å². The summed E-state index contributed by atoms with van der Waals surface area (Å²) in [5.41, 5.74) is 0.467. The number of carboxylic acid groups (broad SMARTS) is 1. The molecule has 2 rings (SSSR count). The molecule has 0 spiro atoms. The molecule has 0 aliphatic carbocycles. The van der Waals surface area contributed by atoms with E-state index in [-0.39, 0.29) is 43.0 Å². The van der Waals surface area contributed by atoms with Gasteiger partial charge in [-0.1, -0.05) is 29.8 Å². The van der Waals surface area contributed by atoms with E-state index in [1.165, 1.54) is 12.1 Å². The fourth-order valence-corrected chi connectivity index (χ4v) is 2.75. The average molecular weight is 480 g/mol. The summed E-state index contributed by atoms with van der Waals surface area (Å²) >= 11 is 0. The second kappa shape index (κ2) is 11.9. The minimum atomic E-state index is -4.70. The van der Waals surface area contributed by atoms with Crippen LogP contribution in [0.5, 0.6) is 5.75 Å². The van der Waals surface area contributed by atoms with Gasteiger partial charge in [-0.05, 0) is 44.5 Å². The number of halogens is 3. The summed E-state index contributed by atoms with van der Waals surface area (Å²) in [5.74, 6) is -1.30. The van der Waals surface area contributed by atoms with E-state index in [1.54, 1.807) is 13.8 Å². The van der Waals surface area contributed by atoms with Gasteiger partial charge in [0.1, 0.15) is 5.75 Å². The maximum atomic E-state index is 13.7. The number of aliphatic carboxylic acids is 1. The predicted octanol–water partition coefficient (Wildman–Crippen LogP) is 4.54. The zero-order valence-corrected chi connectivity index (χ0v) is 19.0. The number of guanidine groups is 1. The zero-order valence-electron chi connectivity index (χ0n) is 19.0. The Balaban J connectivity index is 2.30. The van der Waals surface area contributed by atoms with Crippen molar-refractivity contribution in [1.29, 1.82) is 0 Å². The van der Waals surface area contributed by atoms with Gasteiger partial charge in [-0.15, -0.1) is 0 Å². The Labute approximate surface area is 195 Å². The van der Waals surface area contributed by atoms with Gasteiger partial charge in [-0.25, -0.2) is 9.79 Å². The quantitative estimate of drug-likeness (QED) is 0.327. The van der Waals surface area contributed by atoms with Crippen LogP contribution in [0.2, 0.25) is 0 Å². The molecule has 4 N–H and O–H groups in total. The van der Waals surface area contributed by atoms with Crippen molar-refractivity contribution < 1.29 is 32.6 Å². The van der Waals surface area contributed by atoms with E-state index in [4.69, 9.17) is 9.84 Å². The van der Waals surface area contributed by atoms with Crippen LogP contribution in [0.15, 0.2) is 47.5 Å². The number of hydrogen-bond acceptors (Lipinski definition) is 4. The van der Waals surface area contributed by atoms with Crippen LogP contribution < -0.4 is 20.7 Å². The number of carbonyl (C=O) groups is 2. The lowest BCUT2D eigenvalue weighted by Gasteiger charge is -2.19. The van der Waals surface area contributed by atoms with Crippen LogP contribution in [0, 0.1) is 6.92 Å². The number of ether oxygens (including phenoxy) is 1. The van der Waals surface area contributed by atoms with E-state index in [0.717, 1.165) is 17.2 Å². The fraction of sp³-hybridized carbons (Fsp3) is 0.348. The highest BCUT2D eigenvalue weighted by Crippen LogP contribution is 2.37. The van der Waals surface area contributed by atoms with E-state index in [2.05, 4.69) is 20.9 Å². The van der Waals surface area contributed by atoms with E-state index < -0.39 is 23.7 Å². The van der Waals surface area contributed by atoms with Gasteiger partial charge in [0.25, 0.3) is 0 Å². The molecule has 0 saturated carbocycles. The Hall–Kier alpha value is -3.76. The lowest BCUT2D eigenvalue weighted by molar-refractivity contribution is -0.137. The molecule has 0 saturated heterocycles. The number of amides is 2. The van der Waals surface area contributed by atoms with Gasteiger partial charge in [0, 0.05) is 6.54 Å². The van der Waals surface area contributed by atoms with Crippen molar-refractivity contribution >= 4 is 23.6 Å². The largest absolute Gasteiger partial charge is 0.491 e. The molecule has 8 nitrogen and oxygen atoms in total. The van der Waals surface area contributed by atoms with Crippen LogP contribution in [0.4, 0.5) is 23.7 Å². The zero-order chi connectivity index (χ0) is 25.3. The summed E-state index contributed by atoms with van der Waals surface area (Å²) in [5, 5.41) is 15.9. The van der Waals surface area contributed by atoms with Crippen LogP contribution >= 0.6 is 0 Å². The molecule has 0 aromatic heterocycles. The highest BCUT2D eigenvalue weighted by molar-refractivity contribution is 6.04. The first kappa shape index (κ1) is 26.5. The summed E-state index contributed by atoms with van der Waals surface area (Å²) in [4.78, 5) is 27.0. The smallest absolute Gasteiger partial charge is 0.418 e. The Morgan fingerprint density at radius 3 is 2.38 bits per heavy atom. The van der Waals surface area contributed by atoms with Gasteiger partial charge < -0.3 is 20.5 Å². The van der Waals surface area contributed by atoms with E-state index in [1.807, 2.05) is 31.2 Å². The van der Waals surface area contributed by atoms with Crippen molar-refractivity contribution in [2.24, 2.45) is 4.99 Å². The lowest BCUT2D eigenvalue weighted by atomic mass is 10.1. The van der Waals surface area contributed by atoms with Crippen molar-refractivity contribution in [3.8, 4) is 5.75 Å². The van der Waals surface area contributed by atoms with E-state index in [0.29, 0.717) is 0 Å². The van der Waals surface area contributed by atoms with Gasteiger partial charge in [0.05, 0.1) is 30.3 Å². The molecule has 0 radical (unpaired) electrons. The molecule has 184 valence electrons. The van der Waals surface area contributed by atoms with Crippen molar-refractivity contribution in [1.82, 2.24) is 10.6 Å². The average Bonchev–Trinajstić information content (AvgIpc) is 2.72. The summed E-state index contributed by atoms with van der Waals surface area (Å²) in [6, 6.07) is 9.95. The third kappa shape index (κ3) is 9.00. The number of alkyl halides is 3. The number of carbonyl (C=O) groups excluding carboxylic acids is 1. The predicted molar refractivity (Wildman–Crippen MR) is 122 cm³/mol. The topological polar surface area (TPSA) is 112 Å². The van der Waals surface area contributed by atoms with Gasteiger partial charge in [0.15, 0.2) is 0 Å². The number of benzene rings is 2. The maximum Gasteiger partial charge on any atom is 0.418 e. The number of rotatable bonds is 8. The number of aliphatic imine (C=N–C) groups is 1. The molecule has 0 atom stereocenters. The van der Waals surface area contributed by atoms with Crippen LogP contribution in [-0.2, 0) is 17.5 Å². The van der Waals surface area contributed by atoms with Crippen LogP contribution in [0.25, 0.3) is 0 Å². The molecule has 2 aromatic rings. The molecule has 0 aliphatic heterocycles. The van der Waals surface area contributed by atoms with Gasteiger partial charge in [-0.3, -0.25) is 10.1 Å². The van der Waals surface area contributed by atoms with Crippen molar-refractivity contribution in [2.75, 3.05) is 11.9 Å². The molecule has 0 heterocycles. The van der Waals surface area contributed by atoms with Crippen LogP contribution in [-0.4, -0.2) is 35.7 Å². The maximum absolute atomic E-state index is 13.7. The molecule has 2 amide bonds. The molecule has 34 heavy (non-hydrogen) atoms. The Kier molecular flexibility index (Phi) is 9.28. The second-order valence-electron chi connectivity index (χ2n) is 7.67. The number of aryl methyl sites for hydroxylation is 1. The Bertz CT molecular complexity index is 1020. The first-order valence-electron chi connectivity index (χ1n) is 10.5. The molecule has 0 unspecified atom stereocenters. The molecule has 0 bridgehead atoms. The SMILES string of the molecule is Cc1ccc(CN=C(NC(=O)NCCC(=O)O)Nc2ccc(OC(C)C)cc2C(F)(F)F)cc1. The number of urea groups is 1. The lowest BCUT2D eigenvalue weighted by Crippen LogP contribution is -2.43. The van der Waals surface area contributed by atoms with Crippen molar-refractivity contribution in [3.05, 3.63) is 59.2 Å². The highest BCUT2D eigenvalue weighted by Gasteiger charge is 2.34. The highest BCUT2D eigenvalue weighted by atomic mass is 19.4. The first-order chi connectivity index (χ1) is 15.9. The molecule has 2 aromatic carbocycles. The molecular weight excluding hydrogens is 453 g/mol. The van der Waals surface area contributed by atoms with Gasteiger partial charge >= 0.3 is 18.2 Å². The van der Waals surface area contributed by atoms with Crippen LogP contribution in [0.3, 0.4) is 0 Å². The number of carboxylic acids is 1. The third-order valence-electron chi connectivity index (χ3n) is 4.32. The van der Waals surface area contributed by atoms with Crippen molar-refractivity contribution in [3.63, 3.8) is 0 Å². The van der Waals surface area contributed by atoms with Gasteiger partial charge in [0.2, 0.25) is 5.96 Å². The molecule has 11 heteroatoms. The Morgan fingerprint density at radius 2 is 1.79 bits per heavy atom. The number of nitrogens with one attached hydrogen (secondary N) is 3. The standard InChI is InChI=1S/C23H27F3N4O4/c1-14(2)34-17-8-9-19(18(12-17)23(24,25)26)29-21(30-22(33)27-11-10-20(31)32)28-13-16-6-4-15(3)5-7-16/h4-9,12,14H,10-11,13H2,1-3H3,(H,31,32)(H3,27,28,29,30,33). The van der Waals surface area contributed by atoms with Gasteiger partial charge in [-0.2, -0.15) is 13.2 Å². The monoisotopic (exact) mass is 480 g/mol. The summed E-state index contributed by atoms with van der Waals surface area (Å²) in [6.45, 7) is 5.22. The molecular formula is C23H27F3N4O4. The number of anilines is 1. The number of nitrogens with zero attached hydrogens (tertiary/aromatic N) is 1. The fourth-order valence-electron chi connectivity index (χ4n) is 2.75. The Morgan fingerprint density at radius 1 is 1.12 bits per heavy atom. The summed E-state index contributed by atoms with van der Waals surface area (Å²) in [6.07, 6.45) is -5.33. The summed E-state index contributed by atoms with van der Waals surface area (Å²) in [7, 11) is 0. The first-order valence-corrected chi connectivity index (χ1v) is 10.5. The normalized spacial score (nSPS) is 11.8. The molecule has 0 aliphatic rings. The molecule has 0 fully saturated rings. The number of hydrogen-bond donors (Lipinski definition) is 4. The second-order valence-corrected chi connectivity index (χ2v) is 7.67. The minimum Gasteiger partial charge on any atom is -0.491 e. The summed E-state index contributed by atoms with van der Waals surface area (Å²) < 4.78 is 46.5. The minimum absolute atomic E-state index is 0.0467. The van der Waals surface area contributed by atoms with Crippen molar-refractivity contribution in [2.45, 2.75) is 46.0 Å². The van der Waals surface area contributed by atoms with E-state index in [9.17, 15) is 22.8 Å². The van der Waals surface area contributed by atoms with E-state index >= 15 is 0 Å².